The molecule has 2 heterocycles. The number of hydrogen-bond donors (Lipinski definition) is 1. The van der Waals surface area contributed by atoms with Gasteiger partial charge in [0.15, 0.2) is 0 Å². The minimum absolute atomic E-state index is 0.0518. The van der Waals surface area contributed by atoms with E-state index in [0.717, 1.165) is 13.0 Å². The van der Waals surface area contributed by atoms with Crippen LogP contribution in [0.25, 0.3) is 0 Å². The van der Waals surface area contributed by atoms with Crippen molar-refractivity contribution in [2.75, 3.05) is 26.8 Å². The van der Waals surface area contributed by atoms with Crippen LogP contribution in [0.3, 0.4) is 0 Å². The van der Waals surface area contributed by atoms with Gasteiger partial charge in [-0.1, -0.05) is 0 Å². The molecule has 5 nitrogen and oxygen atoms in total. The lowest BCUT2D eigenvalue weighted by atomic mass is 9.97. The van der Waals surface area contributed by atoms with Crippen molar-refractivity contribution in [3.8, 4) is 0 Å². The van der Waals surface area contributed by atoms with Crippen molar-refractivity contribution in [2.24, 2.45) is 5.92 Å². The molecule has 0 aromatic heterocycles. The summed E-state index contributed by atoms with van der Waals surface area (Å²) in [5.41, 5.74) is 0. The molecule has 2 saturated heterocycles. The molecule has 0 aromatic carbocycles. The fourth-order valence-electron chi connectivity index (χ4n) is 2.24. The van der Waals surface area contributed by atoms with Crippen molar-refractivity contribution in [2.45, 2.75) is 25.3 Å². The van der Waals surface area contributed by atoms with Gasteiger partial charge in [-0.2, -0.15) is 0 Å². The van der Waals surface area contributed by atoms with Gasteiger partial charge in [0.2, 0.25) is 11.8 Å². The van der Waals surface area contributed by atoms with E-state index in [-0.39, 0.29) is 23.8 Å². The first kappa shape index (κ1) is 11.4. The van der Waals surface area contributed by atoms with Gasteiger partial charge < -0.3 is 15.0 Å². The summed E-state index contributed by atoms with van der Waals surface area (Å²) < 4.78 is 5.27. The Labute approximate surface area is 95.1 Å². The minimum atomic E-state index is -0.0525. The van der Waals surface area contributed by atoms with Gasteiger partial charge >= 0.3 is 0 Å². The molecular weight excluding hydrogens is 208 g/mol. The monoisotopic (exact) mass is 226 g/mol. The molecule has 2 aliphatic rings. The maximum Gasteiger partial charge on any atom is 0.227 e. The molecule has 2 rings (SSSR count). The predicted octanol–water partition coefficient (Wildman–Crippen LogP) is -0.240. The summed E-state index contributed by atoms with van der Waals surface area (Å²) >= 11 is 0. The van der Waals surface area contributed by atoms with Gasteiger partial charge in [0, 0.05) is 26.6 Å². The molecule has 5 heteroatoms. The number of rotatable bonds is 2. The summed E-state index contributed by atoms with van der Waals surface area (Å²) in [6.07, 6.45) is 2.05. The zero-order valence-corrected chi connectivity index (χ0v) is 9.57. The first-order chi connectivity index (χ1) is 7.68. The topological polar surface area (TPSA) is 58.6 Å². The normalized spacial score (nSPS) is 29.9. The Morgan fingerprint density at radius 3 is 2.88 bits per heavy atom. The van der Waals surface area contributed by atoms with Crippen LogP contribution < -0.4 is 5.32 Å². The smallest absolute Gasteiger partial charge is 0.227 e. The number of nitrogens with zero attached hydrogens (tertiary/aromatic N) is 1. The maximum absolute atomic E-state index is 12.1. The van der Waals surface area contributed by atoms with Crippen LogP contribution in [-0.2, 0) is 14.3 Å². The number of piperidine rings is 1. The van der Waals surface area contributed by atoms with Gasteiger partial charge in [-0.3, -0.25) is 9.59 Å². The summed E-state index contributed by atoms with van der Waals surface area (Å²) in [6.45, 7) is 1.86. The highest BCUT2D eigenvalue weighted by Gasteiger charge is 2.31. The predicted molar refractivity (Wildman–Crippen MR) is 57.7 cm³/mol. The van der Waals surface area contributed by atoms with Crippen molar-refractivity contribution in [3.63, 3.8) is 0 Å². The average Bonchev–Trinajstić information content (AvgIpc) is 2.81. The number of carbonyl (C=O) groups is 2. The van der Waals surface area contributed by atoms with E-state index in [0.29, 0.717) is 26.0 Å². The van der Waals surface area contributed by atoms with Crippen molar-refractivity contribution in [1.82, 2.24) is 10.2 Å². The molecule has 0 aliphatic carbocycles. The zero-order valence-electron chi connectivity index (χ0n) is 9.57. The standard InChI is InChI=1S/C11H18N2O3/c1-13(9-4-5-16-7-9)11(15)8-2-3-10(14)12-6-8/h8-9H,2-7H2,1H3,(H,12,14). The summed E-state index contributed by atoms with van der Waals surface area (Å²) in [5, 5.41) is 2.74. The van der Waals surface area contributed by atoms with Crippen LogP contribution in [0.2, 0.25) is 0 Å². The van der Waals surface area contributed by atoms with Crippen molar-refractivity contribution in [1.29, 1.82) is 0 Å². The molecular formula is C11H18N2O3. The average molecular weight is 226 g/mol. The molecule has 0 spiro atoms. The number of carbonyl (C=O) groups excluding carboxylic acids is 2. The van der Waals surface area contributed by atoms with Gasteiger partial charge in [-0.05, 0) is 12.8 Å². The number of amides is 2. The van der Waals surface area contributed by atoms with Crippen molar-refractivity contribution in [3.05, 3.63) is 0 Å². The quantitative estimate of drug-likeness (QED) is 0.707. The molecule has 2 unspecified atom stereocenters. The summed E-state index contributed by atoms with van der Waals surface area (Å²) in [7, 11) is 1.83. The highest BCUT2D eigenvalue weighted by atomic mass is 16.5. The van der Waals surface area contributed by atoms with Crippen LogP contribution in [0.15, 0.2) is 0 Å². The molecule has 0 bridgehead atoms. The molecule has 2 aliphatic heterocycles. The molecule has 2 atom stereocenters. The van der Waals surface area contributed by atoms with Crippen molar-refractivity contribution < 1.29 is 14.3 Å². The maximum atomic E-state index is 12.1. The number of hydrogen-bond acceptors (Lipinski definition) is 3. The van der Waals surface area contributed by atoms with E-state index in [9.17, 15) is 9.59 Å². The second-order valence-electron chi connectivity index (χ2n) is 4.51. The number of likely N-dealkylation sites (N-methyl/N-ethyl adjacent to an activating group) is 1. The third kappa shape index (κ3) is 2.35. The first-order valence-electron chi connectivity index (χ1n) is 5.79. The largest absolute Gasteiger partial charge is 0.379 e. The second kappa shape index (κ2) is 4.82. The minimum Gasteiger partial charge on any atom is -0.379 e. The van der Waals surface area contributed by atoms with Crippen LogP contribution in [0.4, 0.5) is 0 Å². The summed E-state index contributed by atoms with van der Waals surface area (Å²) in [5.74, 6) is 0.134. The Balaban J connectivity index is 1.88. The van der Waals surface area contributed by atoms with Gasteiger partial charge in [0.05, 0.1) is 18.6 Å². The third-order valence-electron chi connectivity index (χ3n) is 3.42. The lowest BCUT2D eigenvalue weighted by Gasteiger charge is -2.29. The van der Waals surface area contributed by atoms with Crippen molar-refractivity contribution >= 4 is 11.8 Å². The lowest BCUT2D eigenvalue weighted by Crippen LogP contribution is -2.47. The second-order valence-corrected chi connectivity index (χ2v) is 4.51. The van der Waals surface area contributed by atoms with Crippen LogP contribution in [-0.4, -0.2) is 49.6 Å². The van der Waals surface area contributed by atoms with E-state index in [1.54, 1.807) is 4.90 Å². The fourth-order valence-corrected chi connectivity index (χ4v) is 2.24. The Hall–Kier alpha value is -1.10. The molecule has 16 heavy (non-hydrogen) atoms. The Kier molecular flexibility index (Phi) is 3.43. The third-order valence-corrected chi connectivity index (χ3v) is 3.42. The molecule has 0 saturated carbocycles. The van der Waals surface area contributed by atoms with E-state index in [2.05, 4.69) is 5.32 Å². The lowest BCUT2D eigenvalue weighted by molar-refractivity contribution is -0.138. The molecule has 1 N–H and O–H groups in total. The number of nitrogens with one attached hydrogen (secondary N) is 1. The summed E-state index contributed by atoms with van der Waals surface area (Å²) in [6, 6.07) is 0.213. The van der Waals surface area contributed by atoms with Crippen LogP contribution in [0.1, 0.15) is 19.3 Å². The van der Waals surface area contributed by atoms with E-state index < -0.39 is 0 Å². The van der Waals surface area contributed by atoms with Gasteiger partial charge in [0.25, 0.3) is 0 Å². The highest BCUT2D eigenvalue weighted by Crippen LogP contribution is 2.18. The highest BCUT2D eigenvalue weighted by molar-refractivity contribution is 5.83. The van der Waals surface area contributed by atoms with Crippen LogP contribution in [0.5, 0.6) is 0 Å². The molecule has 90 valence electrons. The first-order valence-corrected chi connectivity index (χ1v) is 5.79. The Morgan fingerprint density at radius 2 is 2.31 bits per heavy atom. The Bertz CT molecular complexity index is 277. The Morgan fingerprint density at radius 1 is 1.50 bits per heavy atom. The van der Waals surface area contributed by atoms with Gasteiger partial charge in [-0.25, -0.2) is 0 Å². The number of ether oxygens (including phenoxy) is 1. The fraction of sp³-hybridized carbons (Fsp3) is 0.818. The van der Waals surface area contributed by atoms with E-state index in [4.69, 9.17) is 4.74 Å². The SMILES string of the molecule is CN(C(=O)C1CCC(=O)NC1)C1CCOC1. The zero-order chi connectivity index (χ0) is 11.5. The van der Waals surface area contributed by atoms with E-state index >= 15 is 0 Å². The molecule has 2 fully saturated rings. The van der Waals surface area contributed by atoms with Gasteiger partial charge in [-0.15, -0.1) is 0 Å². The summed E-state index contributed by atoms with van der Waals surface area (Å²) in [4.78, 5) is 24.9. The van der Waals surface area contributed by atoms with E-state index in [1.807, 2.05) is 7.05 Å². The molecule has 0 radical (unpaired) electrons. The van der Waals surface area contributed by atoms with Crippen LogP contribution >= 0.6 is 0 Å². The molecule has 2 amide bonds. The van der Waals surface area contributed by atoms with E-state index in [1.165, 1.54) is 0 Å². The van der Waals surface area contributed by atoms with Crippen LogP contribution in [0, 0.1) is 5.92 Å². The van der Waals surface area contributed by atoms with Gasteiger partial charge in [0.1, 0.15) is 0 Å². The molecule has 0 aromatic rings.